The van der Waals surface area contributed by atoms with Gasteiger partial charge in [-0.25, -0.2) is 8.42 Å². The number of hydrogen-bond acceptors (Lipinski definition) is 5. The fraction of sp³-hybridized carbons (Fsp3) is 0.269. The molecule has 1 saturated heterocycles. The smallest absolute Gasteiger partial charge is 0.253 e. The van der Waals surface area contributed by atoms with Crippen molar-refractivity contribution in [2.75, 3.05) is 36.4 Å². The number of fused-ring (bicyclic) bond motifs is 1. The van der Waals surface area contributed by atoms with Crippen LogP contribution in [0.2, 0.25) is 0 Å². The number of benzene rings is 3. The van der Waals surface area contributed by atoms with Gasteiger partial charge in [-0.2, -0.15) is 4.72 Å². The SMILES string of the molecule is Cc1ccc(C)c(N2CCN(C(=O)c3ccc(C4Nc5ccccc5S(=O)(=O)N4)cc3)CC2)c1. The van der Waals surface area contributed by atoms with E-state index >= 15 is 0 Å². The first-order valence-corrected chi connectivity index (χ1v) is 12.9. The predicted molar refractivity (Wildman–Crippen MR) is 134 cm³/mol. The molecule has 0 bridgehead atoms. The van der Waals surface area contributed by atoms with E-state index in [0.717, 1.165) is 18.7 Å². The van der Waals surface area contributed by atoms with E-state index in [1.807, 2.05) is 4.90 Å². The van der Waals surface area contributed by atoms with Gasteiger partial charge >= 0.3 is 0 Å². The Bertz CT molecular complexity index is 1330. The topological polar surface area (TPSA) is 81.8 Å². The zero-order valence-corrected chi connectivity index (χ0v) is 20.1. The Morgan fingerprint density at radius 3 is 2.35 bits per heavy atom. The molecule has 7 nitrogen and oxygen atoms in total. The van der Waals surface area contributed by atoms with Crippen molar-refractivity contribution in [3.05, 3.63) is 89.0 Å². The summed E-state index contributed by atoms with van der Waals surface area (Å²) in [7, 11) is -3.61. The number of hydrogen-bond donors (Lipinski definition) is 2. The lowest BCUT2D eigenvalue weighted by atomic mass is 10.1. The molecule has 8 heteroatoms. The van der Waals surface area contributed by atoms with Gasteiger partial charge in [-0.1, -0.05) is 36.4 Å². The second-order valence-electron chi connectivity index (χ2n) is 8.89. The minimum atomic E-state index is -3.61. The Morgan fingerprint density at radius 1 is 0.912 bits per heavy atom. The molecule has 5 rings (SSSR count). The highest BCUT2D eigenvalue weighted by Crippen LogP contribution is 2.31. The molecule has 1 fully saturated rings. The number of nitrogens with zero attached hydrogens (tertiary/aromatic N) is 2. The summed E-state index contributed by atoms with van der Waals surface area (Å²) < 4.78 is 27.8. The third-order valence-electron chi connectivity index (χ3n) is 6.51. The molecular formula is C26H28N4O3S. The summed E-state index contributed by atoms with van der Waals surface area (Å²) in [5.74, 6) is -0.00491. The molecule has 2 heterocycles. The number of anilines is 2. The number of piperazine rings is 1. The van der Waals surface area contributed by atoms with Crippen LogP contribution >= 0.6 is 0 Å². The van der Waals surface area contributed by atoms with Crippen molar-refractivity contribution in [3.63, 3.8) is 0 Å². The van der Waals surface area contributed by atoms with Gasteiger partial charge in [-0.3, -0.25) is 4.79 Å². The molecule has 0 aliphatic carbocycles. The van der Waals surface area contributed by atoms with Crippen LogP contribution in [-0.4, -0.2) is 45.4 Å². The Hall–Kier alpha value is -3.36. The third kappa shape index (κ3) is 4.26. The van der Waals surface area contributed by atoms with Gasteiger partial charge in [0.05, 0.1) is 5.69 Å². The summed E-state index contributed by atoms with van der Waals surface area (Å²) in [5.41, 5.74) is 5.62. The van der Waals surface area contributed by atoms with E-state index in [1.54, 1.807) is 48.5 Å². The molecule has 176 valence electrons. The Labute approximate surface area is 200 Å². The molecule has 2 N–H and O–H groups in total. The third-order valence-corrected chi connectivity index (χ3v) is 7.99. The Balaban J connectivity index is 1.26. The van der Waals surface area contributed by atoms with Crippen molar-refractivity contribution in [1.29, 1.82) is 0 Å². The molecule has 3 aromatic carbocycles. The molecule has 1 atom stereocenters. The fourth-order valence-electron chi connectivity index (χ4n) is 4.59. The summed E-state index contributed by atoms with van der Waals surface area (Å²) >= 11 is 0. The number of aryl methyl sites for hydroxylation is 2. The van der Waals surface area contributed by atoms with E-state index in [0.29, 0.717) is 24.3 Å². The fourth-order valence-corrected chi connectivity index (χ4v) is 5.89. The maximum Gasteiger partial charge on any atom is 0.253 e. The first-order chi connectivity index (χ1) is 16.3. The monoisotopic (exact) mass is 476 g/mol. The number of carbonyl (C=O) groups is 1. The van der Waals surface area contributed by atoms with Crippen LogP contribution < -0.4 is 14.9 Å². The van der Waals surface area contributed by atoms with Crippen molar-refractivity contribution < 1.29 is 13.2 Å². The molecule has 0 spiro atoms. The summed E-state index contributed by atoms with van der Waals surface area (Å²) in [6.45, 7) is 7.12. The highest BCUT2D eigenvalue weighted by molar-refractivity contribution is 7.89. The van der Waals surface area contributed by atoms with Crippen LogP contribution in [0.3, 0.4) is 0 Å². The number of carbonyl (C=O) groups excluding carboxylic acids is 1. The van der Waals surface area contributed by atoms with Gasteiger partial charge in [0.1, 0.15) is 11.1 Å². The minimum absolute atomic E-state index is 0.00491. The number of nitrogens with one attached hydrogen (secondary N) is 2. The molecule has 1 amide bonds. The van der Waals surface area contributed by atoms with Crippen molar-refractivity contribution in [2.24, 2.45) is 0 Å². The normalized spacial score (nSPS) is 19.3. The van der Waals surface area contributed by atoms with E-state index in [4.69, 9.17) is 0 Å². The molecule has 2 aliphatic rings. The average molecular weight is 477 g/mol. The van der Waals surface area contributed by atoms with Gasteiger partial charge in [0, 0.05) is 37.4 Å². The van der Waals surface area contributed by atoms with E-state index in [-0.39, 0.29) is 10.8 Å². The highest BCUT2D eigenvalue weighted by Gasteiger charge is 2.30. The van der Waals surface area contributed by atoms with Gasteiger partial charge in [-0.05, 0) is 60.9 Å². The number of rotatable bonds is 3. The molecule has 2 aliphatic heterocycles. The quantitative estimate of drug-likeness (QED) is 0.603. The molecular weight excluding hydrogens is 448 g/mol. The zero-order valence-electron chi connectivity index (χ0n) is 19.3. The second kappa shape index (κ2) is 8.77. The lowest BCUT2D eigenvalue weighted by Crippen LogP contribution is -2.49. The largest absolute Gasteiger partial charge is 0.368 e. The average Bonchev–Trinajstić information content (AvgIpc) is 2.85. The first kappa shape index (κ1) is 22.4. The maximum absolute atomic E-state index is 13.1. The van der Waals surface area contributed by atoms with Crippen molar-refractivity contribution in [1.82, 2.24) is 9.62 Å². The van der Waals surface area contributed by atoms with Gasteiger partial charge in [0.25, 0.3) is 5.91 Å². The molecule has 0 saturated carbocycles. The van der Waals surface area contributed by atoms with Gasteiger partial charge < -0.3 is 15.1 Å². The van der Waals surface area contributed by atoms with Crippen LogP contribution in [0.1, 0.15) is 33.2 Å². The summed E-state index contributed by atoms with van der Waals surface area (Å²) in [6, 6.07) is 20.4. The lowest BCUT2D eigenvalue weighted by molar-refractivity contribution is 0.0746. The lowest BCUT2D eigenvalue weighted by Gasteiger charge is -2.37. The van der Waals surface area contributed by atoms with Crippen LogP contribution in [0.4, 0.5) is 11.4 Å². The highest BCUT2D eigenvalue weighted by atomic mass is 32.2. The van der Waals surface area contributed by atoms with E-state index in [2.05, 4.69) is 47.0 Å². The van der Waals surface area contributed by atoms with Crippen LogP contribution in [-0.2, 0) is 10.0 Å². The molecule has 3 aromatic rings. The van der Waals surface area contributed by atoms with Gasteiger partial charge in [0.15, 0.2) is 0 Å². The van der Waals surface area contributed by atoms with Crippen molar-refractivity contribution in [2.45, 2.75) is 24.9 Å². The van der Waals surface area contributed by atoms with E-state index < -0.39 is 16.2 Å². The number of para-hydroxylation sites is 1. The first-order valence-electron chi connectivity index (χ1n) is 11.4. The standard InChI is InChI=1S/C26H28N4O3S/c1-18-7-8-19(2)23(17-18)29-13-15-30(16-14-29)26(31)21-11-9-20(10-12-21)25-27-22-5-3-4-6-24(22)34(32,33)28-25/h3-12,17,25,27-28H,13-16H2,1-2H3. The molecule has 0 aromatic heterocycles. The van der Waals surface area contributed by atoms with Crippen LogP contribution in [0.5, 0.6) is 0 Å². The summed E-state index contributed by atoms with van der Waals surface area (Å²) in [6.07, 6.45) is -0.592. The number of amides is 1. The van der Waals surface area contributed by atoms with Gasteiger partial charge in [0.2, 0.25) is 10.0 Å². The van der Waals surface area contributed by atoms with Crippen molar-refractivity contribution in [3.8, 4) is 0 Å². The van der Waals surface area contributed by atoms with Crippen LogP contribution in [0, 0.1) is 13.8 Å². The summed E-state index contributed by atoms with van der Waals surface area (Å²) in [5, 5.41) is 3.22. The van der Waals surface area contributed by atoms with Crippen LogP contribution in [0.25, 0.3) is 0 Å². The van der Waals surface area contributed by atoms with Crippen LogP contribution in [0.15, 0.2) is 71.6 Å². The Morgan fingerprint density at radius 2 is 1.62 bits per heavy atom. The Kier molecular flexibility index (Phi) is 5.79. The molecule has 34 heavy (non-hydrogen) atoms. The molecule has 0 radical (unpaired) electrons. The predicted octanol–water partition coefficient (Wildman–Crippen LogP) is 3.67. The molecule has 1 unspecified atom stereocenters. The zero-order chi connectivity index (χ0) is 23.9. The van der Waals surface area contributed by atoms with E-state index in [1.165, 1.54) is 16.8 Å². The number of sulfonamides is 1. The maximum atomic E-state index is 13.1. The van der Waals surface area contributed by atoms with E-state index in [9.17, 15) is 13.2 Å². The summed E-state index contributed by atoms with van der Waals surface area (Å²) in [4.78, 5) is 17.6. The van der Waals surface area contributed by atoms with Gasteiger partial charge in [-0.15, -0.1) is 0 Å². The minimum Gasteiger partial charge on any atom is -0.368 e. The van der Waals surface area contributed by atoms with Crippen molar-refractivity contribution >= 4 is 27.3 Å². The second-order valence-corrected chi connectivity index (χ2v) is 10.6.